The number of hydrogen-bond acceptors (Lipinski definition) is 2. The van der Waals surface area contributed by atoms with Gasteiger partial charge in [0.2, 0.25) is 5.91 Å². The summed E-state index contributed by atoms with van der Waals surface area (Å²) in [7, 11) is 0. The van der Waals surface area contributed by atoms with E-state index in [0.29, 0.717) is 0 Å². The molecule has 1 aromatic rings. The van der Waals surface area contributed by atoms with Gasteiger partial charge in [-0.3, -0.25) is 9.59 Å². The third kappa shape index (κ3) is 2.89. The fourth-order valence-electron chi connectivity index (χ4n) is 1.94. The second-order valence-electron chi connectivity index (χ2n) is 4.17. The molecular formula is C12H9ClF3NO2. The molecule has 19 heavy (non-hydrogen) atoms. The Morgan fingerprint density at radius 3 is 2.47 bits per heavy atom. The Labute approximate surface area is 111 Å². The molecule has 1 amide bonds. The Morgan fingerprint density at radius 2 is 1.89 bits per heavy atom. The summed E-state index contributed by atoms with van der Waals surface area (Å²) < 4.78 is 38.8. The molecule has 1 saturated heterocycles. The maximum absolute atomic E-state index is 12.9. The highest BCUT2D eigenvalue weighted by Gasteiger charge is 2.37. The average molecular weight is 292 g/mol. The number of Topliss-reactive ketones (excluding diaryl/α,β-unsaturated/α-hetero) is 1. The third-order valence-electron chi connectivity index (χ3n) is 2.82. The topological polar surface area (TPSA) is 37.4 Å². The quantitative estimate of drug-likeness (QED) is 0.746. The molecule has 0 aromatic heterocycles. The number of amides is 1. The van der Waals surface area contributed by atoms with Crippen LogP contribution in [0.3, 0.4) is 0 Å². The number of hydrogen-bond donors (Lipinski definition) is 0. The van der Waals surface area contributed by atoms with E-state index in [2.05, 4.69) is 0 Å². The van der Waals surface area contributed by atoms with Crippen LogP contribution in [-0.2, 0) is 15.8 Å². The van der Waals surface area contributed by atoms with Gasteiger partial charge in [0.05, 0.1) is 17.7 Å². The van der Waals surface area contributed by atoms with Gasteiger partial charge in [0.1, 0.15) is 5.78 Å². The SMILES string of the molecule is O=C1CCN(c2ccc(Cl)cc2C(F)(F)F)C(=O)C1. The number of carbonyl (C=O) groups excluding carboxylic acids is 2. The van der Waals surface area contributed by atoms with E-state index in [9.17, 15) is 22.8 Å². The summed E-state index contributed by atoms with van der Waals surface area (Å²) in [6.45, 7) is -0.0393. The first kappa shape index (κ1) is 13.9. The fraction of sp³-hybridized carbons (Fsp3) is 0.333. The highest BCUT2D eigenvalue weighted by Crippen LogP contribution is 2.38. The van der Waals surface area contributed by atoms with Crippen molar-refractivity contribution < 1.29 is 22.8 Å². The van der Waals surface area contributed by atoms with Crippen LogP contribution in [0.15, 0.2) is 18.2 Å². The first-order valence-corrected chi connectivity index (χ1v) is 5.85. The predicted octanol–water partition coefficient (Wildman–Crippen LogP) is 3.05. The molecule has 102 valence electrons. The van der Waals surface area contributed by atoms with Crippen molar-refractivity contribution in [1.82, 2.24) is 0 Å². The lowest BCUT2D eigenvalue weighted by atomic mass is 10.1. The molecule has 0 spiro atoms. The molecule has 0 radical (unpaired) electrons. The molecule has 3 nitrogen and oxygen atoms in total. The van der Waals surface area contributed by atoms with Gasteiger partial charge in [-0.15, -0.1) is 0 Å². The van der Waals surface area contributed by atoms with Gasteiger partial charge in [0, 0.05) is 18.0 Å². The van der Waals surface area contributed by atoms with Crippen LogP contribution in [0.1, 0.15) is 18.4 Å². The Hall–Kier alpha value is -1.56. The molecule has 2 rings (SSSR count). The van der Waals surface area contributed by atoms with Crippen LogP contribution in [0.25, 0.3) is 0 Å². The summed E-state index contributed by atoms with van der Waals surface area (Å²) in [6, 6.07) is 3.22. The smallest absolute Gasteiger partial charge is 0.311 e. The van der Waals surface area contributed by atoms with Gasteiger partial charge in [-0.1, -0.05) is 11.6 Å². The van der Waals surface area contributed by atoms with E-state index in [1.807, 2.05) is 0 Å². The predicted molar refractivity (Wildman–Crippen MR) is 63.0 cm³/mol. The number of carbonyl (C=O) groups is 2. The van der Waals surface area contributed by atoms with Crippen LogP contribution in [0.5, 0.6) is 0 Å². The molecule has 0 bridgehead atoms. The second-order valence-corrected chi connectivity index (χ2v) is 4.61. The van der Waals surface area contributed by atoms with Crippen LogP contribution < -0.4 is 4.90 Å². The summed E-state index contributed by atoms with van der Waals surface area (Å²) in [5, 5.41) is -0.0587. The first-order chi connectivity index (χ1) is 8.79. The number of alkyl halides is 3. The van der Waals surface area contributed by atoms with E-state index in [0.717, 1.165) is 17.0 Å². The number of piperidine rings is 1. The standard InChI is InChI=1S/C12H9ClF3NO2/c13-7-1-2-10(9(5-7)12(14,15)16)17-4-3-8(18)6-11(17)19/h1-2,5H,3-4,6H2. The number of nitrogens with zero attached hydrogens (tertiary/aromatic N) is 1. The van der Waals surface area contributed by atoms with Crippen LogP contribution in [-0.4, -0.2) is 18.2 Å². The maximum Gasteiger partial charge on any atom is 0.418 e. The van der Waals surface area contributed by atoms with Crippen molar-refractivity contribution in [3.63, 3.8) is 0 Å². The zero-order valence-electron chi connectivity index (χ0n) is 9.63. The lowest BCUT2D eigenvalue weighted by Gasteiger charge is -2.28. The van der Waals surface area contributed by atoms with Gasteiger partial charge in [0.25, 0.3) is 0 Å². The van der Waals surface area contributed by atoms with E-state index in [4.69, 9.17) is 11.6 Å². The molecule has 0 N–H and O–H groups in total. The Balaban J connectivity index is 2.45. The molecular weight excluding hydrogens is 283 g/mol. The molecule has 0 unspecified atom stereocenters. The van der Waals surface area contributed by atoms with Crippen molar-refractivity contribution in [1.29, 1.82) is 0 Å². The van der Waals surface area contributed by atoms with Crippen molar-refractivity contribution in [2.45, 2.75) is 19.0 Å². The van der Waals surface area contributed by atoms with Gasteiger partial charge >= 0.3 is 6.18 Å². The van der Waals surface area contributed by atoms with Crippen molar-refractivity contribution in [3.05, 3.63) is 28.8 Å². The minimum absolute atomic E-state index is 0.0393. The number of halogens is 4. The first-order valence-electron chi connectivity index (χ1n) is 5.48. The van der Waals surface area contributed by atoms with Crippen molar-refractivity contribution in [2.75, 3.05) is 11.4 Å². The molecule has 0 saturated carbocycles. The van der Waals surface area contributed by atoms with E-state index < -0.39 is 17.6 Å². The molecule has 1 aromatic carbocycles. The second kappa shape index (κ2) is 4.85. The Bertz CT molecular complexity index is 542. The van der Waals surface area contributed by atoms with Crippen LogP contribution >= 0.6 is 11.6 Å². The van der Waals surface area contributed by atoms with E-state index in [-0.39, 0.29) is 35.9 Å². The highest BCUT2D eigenvalue weighted by molar-refractivity contribution is 6.30. The Morgan fingerprint density at radius 1 is 1.21 bits per heavy atom. The number of benzene rings is 1. The minimum Gasteiger partial charge on any atom is -0.311 e. The summed E-state index contributed by atoms with van der Waals surface area (Å²) in [5.41, 5.74) is -1.22. The lowest BCUT2D eigenvalue weighted by Crippen LogP contribution is -2.40. The summed E-state index contributed by atoms with van der Waals surface area (Å²) >= 11 is 5.56. The number of anilines is 1. The Kier molecular flexibility index (Phi) is 3.54. The number of rotatable bonds is 1. The van der Waals surface area contributed by atoms with E-state index >= 15 is 0 Å². The normalized spacial score (nSPS) is 16.9. The van der Waals surface area contributed by atoms with Crippen LogP contribution in [0, 0.1) is 0 Å². The van der Waals surface area contributed by atoms with E-state index in [1.165, 1.54) is 6.07 Å². The van der Waals surface area contributed by atoms with Crippen LogP contribution in [0.2, 0.25) is 5.02 Å². The fourth-order valence-corrected chi connectivity index (χ4v) is 2.11. The molecule has 0 aliphatic carbocycles. The summed E-state index contributed by atoms with van der Waals surface area (Å²) in [6.07, 6.45) is -4.91. The highest BCUT2D eigenvalue weighted by atomic mass is 35.5. The summed E-state index contributed by atoms with van der Waals surface area (Å²) in [5.74, 6) is -0.882. The van der Waals surface area contributed by atoms with Gasteiger partial charge in [0.15, 0.2) is 0 Å². The molecule has 1 fully saturated rings. The van der Waals surface area contributed by atoms with Crippen molar-refractivity contribution in [3.8, 4) is 0 Å². The van der Waals surface area contributed by atoms with Gasteiger partial charge in [-0.25, -0.2) is 0 Å². The molecule has 0 atom stereocenters. The van der Waals surface area contributed by atoms with Gasteiger partial charge in [-0.05, 0) is 18.2 Å². The number of ketones is 1. The minimum atomic E-state index is -4.61. The van der Waals surface area contributed by atoms with Crippen molar-refractivity contribution >= 4 is 29.0 Å². The lowest BCUT2D eigenvalue weighted by molar-refractivity contribution is -0.137. The van der Waals surface area contributed by atoms with Crippen LogP contribution in [0.4, 0.5) is 18.9 Å². The molecule has 1 heterocycles. The summed E-state index contributed by atoms with van der Waals surface area (Å²) in [4.78, 5) is 23.8. The van der Waals surface area contributed by atoms with E-state index in [1.54, 1.807) is 0 Å². The molecule has 1 aliphatic heterocycles. The molecule has 7 heteroatoms. The average Bonchev–Trinajstić information content (AvgIpc) is 2.28. The van der Waals surface area contributed by atoms with Gasteiger partial charge in [-0.2, -0.15) is 13.2 Å². The maximum atomic E-state index is 12.9. The zero-order valence-corrected chi connectivity index (χ0v) is 10.4. The largest absolute Gasteiger partial charge is 0.418 e. The zero-order chi connectivity index (χ0) is 14.2. The van der Waals surface area contributed by atoms with Crippen molar-refractivity contribution in [2.24, 2.45) is 0 Å². The monoisotopic (exact) mass is 291 g/mol. The third-order valence-corrected chi connectivity index (χ3v) is 3.05. The molecule has 1 aliphatic rings. The van der Waals surface area contributed by atoms with Gasteiger partial charge < -0.3 is 4.90 Å².